The average Bonchev–Trinajstić information content (AvgIpc) is 2.37. The fourth-order valence-electron chi connectivity index (χ4n) is 1.90. The van der Waals surface area contributed by atoms with E-state index >= 15 is 0 Å². The smallest absolute Gasteiger partial charge is 0.202 e. The fourth-order valence-corrected chi connectivity index (χ4v) is 2.31. The zero-order valence-corrected chi connectivity index (χ0v) is 13.1. The van der Waals surface area contributed by atoms with Crippen LogP contribution < -0.4 is 4.74 Å². The van der Waals surface area contributed by atoms with Gasteiger partial charge in [-0.2, -0.15) is 0 Å². The lowest BCUT2D eigenvalue weighted by molar-refractivity contribution is 0.102. The van der Waals surface area contributed by atoms with Gasteiger partial charge in [0.25, 0.3) is 0 Å². The first kappa shape index (κ1) is 15.6. The molecule has 0 saturated carbocycles. The van der Waals surface area contributed by atoms with Crippen LogP contribution in [0.1, 0.15) is 29.8 Å². The minimum absolute atomic E-state index is 0.131. The molecule has 21 heavy (non-hydrogen) atoms. The van der Waals surface area contributed by atoms with Crippen molar-refractivity contribution >= 4 is 21.7 Å². The predicted octanol–water partition coefficient (Wildman–Crippen LogP) is 4.75. The number of benzene rings is 2. The zero-order valence-electron chi connectivity index (χ0n) is 11.5. The summed E-state index contributed by atoms with van der Waals surface area (Å²) in [5.41, 5.74) is -0.454. The monoisotopic (exact) mass is 354 g/mol. The van der Waals surface area contributed by atoms with Gasteiger partial charge in [0.05, 0.1) is 17.2 Å². The third-order valence-electron chi connectivity index (χ3n) is 2.73. The first-order chi connectivity index (χ1) is 9.90. The molecule has 2 rings (SSSR count). The molecule has 0 atom stereocenters. The van der Waals surface area contributed by atoms with Gasteiger partial charge in [0.1, 0.15) is 17.4 Å². The SMILES string of the molecule is CC(C)Oc1ccccc1C(=O)c1c(F)cc(Br)cc1F. The molecule has 2 nitrogen and oxygen atoms in total. The number of ether oxygens (including phenoxy) is 1. The molecule has 0 aliphatic heterocycles. The van der Waals surface area contributed by atoms with Gasteiger partial charge in [0.15, 0.2) is 0 Å². The van der Waals surface area contributed by atoms with Crippen molar-refractivity contribution in [1.82, 2.24) is 0 Å². The van der Waals surface area contributed by atoms with Gasteiger partial charge in [-0.3, -0.25) is 4.79 Å². The van der Waals surface area contributed by atoms with Crippen LogP contribution in [0.5, 0.6) is 5.75 Å². The van der Waals surface area contributed by atoms with Gasteiger partial charge in [0.2, 0.25) is 5.78 Å². The second kappa shape index (κ2) is 6.35. The molecule has 0 spiro atoms. The molecule has 2 aromatic rings. The summed E-state index contributed by atoms with van der Waals surface area (Å²) in [5, 5.41) is 0. The Bertz CT molecular complexity index is 661. The Morgan fingerprint density at radius 1 is 1.14 bits per heavy atom. The maximum atomic E-state index is 13.9. The normalized spacial score (nSPS) is 10.8. The van der Waals surface area contributed by atoms with E-state index in [9.17, 15) is 13.6 Å². The Morgan fingerprint density at radius 2 is 1.71 bits per heavy atom. The zero-order chi connectivity index (χ0) is 15.6. The molecule has 0 aliphatic rings. The molecule has 0 heterocycles. The molecule has 0 saturated heterocycles. The minimum Gasteiger partial charge on any atom is -0.490 e. The molecule has 0 amide bonds. The van der Waals surface area contributed by atoms with Gasteiger partial charge in [-0.05, 0) is 38.1 Å². The average molecular weight is 355 g/mol. The highest BCUT2D eigenvalue weighted by Crippen LogP contribution is 2.27. The van der Waals surface area contributed by atoms with E-state index in [0.29, 0.717) is 5.75 Å². The lowest BCUT2D eigenvalue weighted by atomic mass is 10.0. The van der Waals surface area contributed by atoms with Crippen LogP contribution in [0.25, 0.3) is 0 Å². The number of carbonyl (C=O) groups is 1. The van der Waals surface area contributed by atoms with Gasteiger partial charge in [-0.25, -0.2) is 8.78 Å². The number of rotatable bonds is 4. The van der Waals surface area contributed by atoms with E-state index in [4.69, 9.17) is 4.74 Å². The molecule has 0 N–H and O–H groups in total. The molecule has 0 fully saturated rings. The van der Waals surface area contributed by atoms with E-state index < -0.39 is 23.0 Å². The Balaban J connectivity index is 2.51. The summed E-state index contributed by atoms with van der Waals surface area (Å²) in [5.74, 6) is -2.26. The Labute approximate surface area is 129 Å². The number of halogens is 3. The topological polar surface area (TPSA) is 26.3 Å². The number of ketones is 1. The molecule has 0 aromatic heterocycles. The largest absolute Gasteiger partial charge is 0.490 e. The first-order valence-electron chi connectivity index (χ1n) is 6.35. The van der Waals surface area contributed by atoms with E-state index in [1.807, 2.05) is 13.8 Å². The fraction of sp³-hybridized carbons (Fsp3) is 0.188. The van der Waals surface area contributed by atoms with Gasteiger partial charge in [0, 0.05) is 4.47 Å². The summed E-state index contributed by atoms with van der Waals surface area (Å²) in [6.45, 7) is 3.62. The summed E-state index contributed by atoms with van der Waals surface area (Å²) in [4.78, 5) is 12.4. The van der Waals surface area contributed by atoms with Crippen LogP contribution in [0.15, 0.2) is 40.9 Å². The number of carbonyl (C=O) groups excluding carboxylic acids is 1. The van der Waals surface area contributed by atoms with Gasteiger partial charge < -0.3 is 4.74 Å². The quantitative estimate of drug-likeness (QED) is 0.741. The van der Waals surface area contributed by atoms with E-state index in [-0.39, 0.29) is 16.1 Å². The molecule has 0 bridgehead atoms. The number of para-hydroxylation sites is 1. The van der Waals surface area contributed by atoms with E-state index in [1.54, 1.807) is 18.2 Å². The highest BCUT2D eigenvalue weighted by atomic mass is 79.9. The summed E-state index contributed by atoms with van der Waals surface area (Å²) in [6.07, 6.45) is -0.154. The van der Waals surface area contributed by atoms with Crippen LogP contribution in [0, 0.1) is 11.6 Å². The molecule has 2 aromatic carbocycles. The Kier molecular flexibility index (Phi) is 4.73. The van der Waals surface area contributed by atoms with Crippen molar-refractivity contribution in [2.24, 2.45) is 0 Å². The van der Waals surface area contributed by atoms with Crippen molar-refractivity contribution in [3.05, 3.63) is 63.6 Å². The molecule has 0 aliphatic carbocycles. The highest BCUT2D eigenvalue weighted by Gasteiger charge is 2.22. The van der Waals surface area contributed by atoms with Crippen molar-refractivity contribution in [3.63, 3.8) is 0 Å². The summed E-state index contributed by atoms with van der Waals surface area (Å²) < 4.78 is 33.6. The second-order valence-corrected chi connectivity index (χ2v) is 5.65. The first-order valence-corrected chi connectivity index (χ1v) is 7.14. The second-order valence-electron chi connectivity index (χ2n) is 4.74. The van der Waals surface area contributed by atoms with E-state index in [0.717, 1.165) is 12.1 Å². The van der Waals surface area contributed by atoms with Gasteiger partial charge >= 0.3 is 0 Å². The maximum absolute atomic E-state index is 13.9. The standard InChI is InChI=1S/C16H13BrF2O2/c1-9(2)21-14-6-4-3-5-11(14)16(20)15-12(18)7-10(17)8-13(15)19/h3-9H,1-2H3. The van der Waals surface area contributed by atoms with Gasteiger partial charge in [-0.1, -0.05) is 28.1 Å². The number of hydrogen-bond donors (Lipinski definition) is 0. The van der Waals surface area contributed by atoms with E-state index in [1.165, 1.54) is 6.07 Å². The minimum atomic E-state index is -0.911. The van der Waals surface area contributed by atoms with Crippen molar-refractivity contribution in [2.45, 2.75) is 20.0 Å². The maximum Gasteiger partial charge on any atom is 0.202 e. The van der Waals surface area contributed by atoms with Crippen LogP contribution in [-0.2, 0) is 0 Å². The Morgan fingerprint density at radius 3 is 2.29 bits per heavy atom. The summed E-state index contributed by atoms with van der Waals surface area (Å²) >= 11 is 2.98. The van der Waals surface area contributed by atoms with Crippen molar-refractivity contribution in [3.8, 4) is 5.75 Å². The lowest BCUT2D eigenvalue weighted by Crippen LogP contribution is -2.13. The molecule has 0 unspecified atom stereocenters. The van der Waals surface area contributed by atoms with E-state index in [2.05, 4.69) is 15.9 Å². The van der Waals surface area contributed by atoms with Crippen molar-refractivity contribution in [1.29, 1.82) is 0 Å². The molecular formula is C16H13BrF2O2. The molecule has 110 valence electrons. The van der Waals surface area contributed by atoms with Gasteiger partial charge in [-0.15, -0.1) is 0 Å². The molecular weight excluding hydrogens is 342 g/mol. The highest BCUT2D eigenvalue weighted by molar-refractivity contribution is 9.10. The van der Waals surface area contributed by atoms with Crippen LogP contribution in [-0.4, -0.2) is 11.9 Å². The van der Waals surface area contributed by atoms with Crippen LogP contribution in [0.2, 0.25) is 0 Å². The summed E-state index contributed by atoms with van der Waals surface area (Å²) in [7, 11) is 0. The van der Waals surface area contributed by atoms with Crippen molar-refractivity contribution in [2.75, 3.05) is 0 Å². The lowest BCUT2D eigenvalue weighted by Gasteiger charge is -2.14. The van der Waals surface area contributed by atoms with Crippen LogP contribution >= 0.6 is 15.9 Å². The predicted molar refractivity (Wildman–Crippen MR) is 79.7 cm³/mol. The van der Waals surface area contributed by atoms with Crippen LogP contribution in [0.4, 0.5) is 8.78 Å². The number of hydrogen-bond acceptors (Lipinski definition) is 2. The molecule has 0 radical (unpaired) electrons. The summed E-state index contributed by atoms with van der Waals surface area (Å²) in [6, 6.07) is 8.52. The third-order valence-corrected chi connectivity index (χ3v) is 3.19. The molecule has 5 heteroatoms. The Hall–Kier alpha value is -1.75. The van der Waals surface area contributed by atoms with Crippen LogP contribution in [0.3, 0.4) is 0 Å². The van der Waals surface area contributed by atoms with Crippen molar-refractivity contribution < 1.29 is 18.3 Å². The third kappa shape index (κ3) is 3.47.